The third kappa shape index (κ3) is 1.98. The second-order valence-corrected chi connectivity index (χ2v) is 4.37. The summed E-state index contributed by atoms with van der Waals surface area (Å²) in [7, 11) is 1.92. The van der Waals surface area contributed by atoms with Crippen molar-refractivity contribution in [3.63, 3.8) is 0 Å². The third-order valence-electron chi connectivity index (χ3n) is 2.72. The van der Waals surface area contributed by atoms with Gasteiger partial charge in [-0.1, -0.05) is 17.7 Å². The van der Waals surface area contributed by atoms with Crippen molar-refractivity contribution < 1.29 is 9.90 Å². The minimum Gasteiger partial charge on any atom is -0.481 e. The Hall–Kier alpha value is -1.06. The molecule has 1 aliphatic rings. The number of likely N-dealkylation sites (N-methyl/N-ethyl adjacent to an activating group) is 1. The Kier molecular flexibility index (Phi) is 2.67. The zero-order valence-corrected chi connectivity index (χ0v) is 9.16. The number of halogens is 1. The maximum absolute atomic E-state index is 11.1. The van der Waals surface area contributed by atoms with Gasteiger partial charge >= 0.3 is 5.97 Å². The lowest BCUT2D eigenvalue weighted by Gasteiger charge is -2.29. The van der Waals surface area contributed by atoms with Gasteiger partial charge in [0.2, 0.25) is 0 Å². The second kappa shape index (κ2) is 3.83. The fourth-order valence-electron chi connectivity index (χ4n) is 2.01. The molecule has 0 saturated heterocycles. The number of carbonyl (C=O) groups is 1. The Morgan fingerprint density at radius 3 is 3.00 bits per heavy atom. The van der Waals surface area contributed by atoms with Gasteiger partial charge in [-0.3, -0.25) is 4.79 Å². The van der Waals surface area contributed by atoms with E-state index >= 15 is 0 Å². The van der Waals surface area contributed by atoms with E-state index in [0.29, 0.717) is 11.6 Å². The topological polar surface area (TPSA) is 40.5 Å². The van der Waals surface area contributed by atoms with Gasteiger partial charge < -0.3 is 10.0 Å². The van der Waals surface area contributed by atoms with Crippen molar-refractivity contribution in [3.8, 4) is 0 Å². The van der Waals surface area contributed by atoms with Gasteiger partial charge in [0.1, 0.15) is 0 Å². The largest absolute Gasteiger partial charge is 0.481 e. The van der Waals surface area contributed by atoms with Gasteiger partial charge in [-0.25, -0.2) is 0 Å². The van der Waals surface area contributed by atoms with E-state index in [2.05, 4.69) is 0 Å². The summed E-state index contributed by atoms with van der Waals surface area (Å²) in [5.41, 5.74) is 1.91. The monoisotopic (exact) mass is 225 g/mol. The van der Waals surface area contributed by atoms with Gasteiger partial charge in [-0.2, -0.15) is 0 Å². The van der Waals surface area contributed by atoms with E-state index in [1.54, 1.807) is 12.1 Å². The maximum Gasteiger partial charge on any atom is 0.312 e. The first-order valence-corrected chi connectivity index (χ1v) is 5.15. The molecule has 0 spiro atoms. The lowest BCUT2D eigenvalue weighted by Crippen LogP contribution is -2.34. The van der Waals surface area contributed by atoms with Crippen LogP contribution in [0.4, 0.5) is 0 Å². The number of nitrogens with zero attached hydrogens (tertiary/aromatic N) is 1. The predicted octanol–water partition coefficient (Wildman–Crippen LogP) is 1.95. The summed E-state index contributed by atoms with van der Waals surface area (Å²) < 4.78 is 0. The Morgan fingerprint density at radius 2 is 2.33 bits per heavy atom. The first-order chi connectivity index (χ1) is 7.08. The first kappa shape index (κ1) is 10.5. The second-order valence-electron chi connectivity index (χ2n) is 3.93. The van der Waals surface area contributed by atoms with E-state index in [-0.39, 0.29) is 0 Å². The summed E-state index contributed by atoms with van der Waals surface area (Å²) in [6.45, 7) is 1.33. The van der Waals surface area contributed by atoms with Gasteiger partial charge in [0.05, 0.1) is 5.92 Å². The molecule has 0 amide bonds. The van der Waals surface area contributed by atoms with Crippen LogP contribution in [-0.2, 0) is 11.3 Å². The Bertz CT molecular complexity index is 406. The van der Waals surface area contributed by atoms with E-state index < -0.39 is 11.9 Å². The van der Waals surface area contributed by atoms with Crippen molar-refractivity contribution in [2.45, 2.75) is 12.5 Å². The normalized spacial score (nSPS) is 21.1. The summed E-state index contributed by atoms with van der Waals surface area (Å²) >= 11 is 5.88. The third-order valence-corrected chi connectivity index (χ3v) is 2.95. The molecule has 0 radical (unpaired) electrons. The van der Waals surface area contributed by atoms with Crippen LogP contribution < -0.4 is 0 Å². The highest BCUT2D eigenvalue weighted by Crippen LogP contribution is 2.29. The highest BCUT2D eigenvalue weighted by Gasteiger charge is 2.28. The average molecular weight is 226 g/mol. The van der Waals surface area contributed by atoms with Crippen molar-refractivity contribution in [2.75, 3.05) is 13.6 Å². The number of carboxylic acid groups (broad SMARTS) is 1. The van der Waals surface area contributed by atoms with Gasteiger partial charge in [0.15, 0.2) is 0 Å². The number of aliphatic carboxylic acids is 1. The molecule has 3 nitrogen and oxygen atoms in total. The van der Waals surface area contributed by atoms with Crippen LogP contribution in [0.15, 0.2) is 18.2 Å². The Morgan fingerprint density at radius 1 is 1.60 bits per heavy atom. The number of fused-ring (bicyclic) bond motifs is 1. The summed E-state index contributed by atoms with van der Waals surface area (Å²) in [5, 5.41) is 9.73. The van der Waals surface area contributed by atoms with E-state index in [4.69, 9.17) is 16.7 Å². The van der Waals surface area contributed by atoms with Crippen LogP contribution in [0, 0.1) is 0 Å². The van der Waals surface area contributed by atoms with Crippen molar-refractivity contribution in [1.29, 1.82) is 0 Å². The molecule has 0 bridgehead atoms. The molecule has 1 N–H and O–H groups in total. The van der Waals surface area contributed by atoms with Gasteiger partial charge in [-0.15, -0.1) is 0 Å². The Labute approximate surface area is 93.3 Å². The maximum atomic E-state index is 11.1. The van der Waals surface area contributed by atoms with E-state index in [0.717, 1.165) is 17.7 Å². The molecular weight excluding hydrogens is 214 g/mol. The average Bonchev–Trinajstić information content (AvgIpc) is 2.17. The fraction of sp³-hybridized carbons (Fsp3) is 0.364. The van der Waals surface area contributed by atoms with Gasteiger partial charge in [0.25, 0.3) is 0 Å². The highest BCUT2D eigenvalue weighted by atomic mass is 35.5. The first-order valence-electron chi connectivity index (χ1n) is 4.77. The molecular formula is C11H12ClNO2. The van der Waals surface area contributed by atoms with Crippen LogP contribution in [0.1, 0.15) is 17.0 Å². The summed E-state index contributed by atoms with van der Waals surface area (Å²) in [4.78, 5) is 13.1. The van der Waals surface area contributed by atoms with Crippen LogP contribution in [-0.4, -0.2) is 29.6 Å². The zero-order valence-electron chi connectivity index (χ0n) is 8.40. The molecule has 1 atom stereocenters. The molecule has 1 aromatic rings. The molecule has 2 rings (SSSR count). The number of benzene rings is 1. The lowest BCUT2D eigenvalue weighted by atomic mass is 9.90. The molecule has 1 aromatic carbocycles. The molecule has 1 aliphatic heterocycles. The van der Waals surface area contributed by atoms with Crippen LogP contribution in [0.5, 0.6) is 0 Å². The van der Waals surface area contributed by atoms with E-state index in [9.17, 15) is 4.79 Å². The predicted molar refractivity (Wildman–Crippen MR) is 58.2 cm³/mol. The highest BCUT2D eigenvalue weighted by molar-refractivity contribution is 6.30. The molecule has 1 heterocycles. The van der Waals surface area contributed by atoms with Crippen molar-refractivity contribution >= 4 is 17.6 Å². The quantitative estimate of drug-likeness (QED) is 0.794. The van der Waals surface area contributed by atoms with Crippen LogP contribution in [0.25, 0.3) is 0 Å². The summed E-state index contributed by atoms with van der Waals surface area (Å²) in [6.07, 6.45) is 0. The molecule has 80 valence electrons. The SMILES string of the molecule is CN1Cc2ccc(Cl)cc2C(C(=O)O)C1. The van der Waals surface area contributed by atoms with E-state index in [1.807, 2.05) is 18.0 Å². The summed E-state index contributed by atoms with van der Waals surface area (Å²) in [5.74, 6) is -1.25. The molecule has 0 fully saturated rings. The number of hydrogen-bond donors (Lipinski definition) is 1. The van der Waals surface area contributed by atoms with Crippen LogP contribution in [0.3, 0.4) is 0 Å². The molecule has 0 aliphatic carbocycles. The van der Waals surface area contributed by atoms with Crippen molar-refractivity contribution in [2.24, 2.45) is 0 Å². The van der Waals surface area contributed by atoms with E-state index in [1.165, 1.54) is 0 Å². The van der Waals surface area contributed by atoms with Gasteiger partial charge in [-0.05, 0) is 30.3 Å². The summed E-state index contributed by atoms with van der Waals surface area (Å²) in [6, 6.07) is 5.48. The number of carboxylic acids is 1. The van der Waals surface area contributed by atoms with Crippen LogP contribution >= 0.6 is 11.6 Å². The lowest BCUT2D eigenvalue weighted by molar-refractivity contribution is -0.139. The fourth-order valence-corrected chi connectivity index (χ4v) is 2.19. The molecule has 4 heteroatoms. The standard InChI is InChI=1S/C11H12ClNO2/c1-13-5-7-2-3-8(12)4-9(7)10(6-13)11(14)15/h2-4,10H,5-6H2,1H3,(H,14,15). The molecule has 0 saturated carbocycles. The Balaban J connectivity index is 2.47. The minimum atomic E-state index is -0.787. The van der Waals surface area contributed by atoms with Crippen molar-refractivity contribution in [1.82, 2.24) is 4.90 Å². The zero-order chi connectivity index (χ0) is 11.0. The number of hydrogen-bond acceptors (Lipinski definition) is 2. The van der Waals surface area contributed by atoms with Crippen molar-refractivity contribution in [3.05, 3.63) is 34.3 Å². The number of rotatable bonds is 1. The smallest absolute Gasteiger partial charge is 0.312 e. The molecule has 1 unspecified atom stereocenters. The van der Waals surface area contributed by atoms with Crippen LogP contribution in [0.2, 0.25) is 5.02 Å². The minimum absolute atomic E-state index is 0.461. The molecule has 0 aromatic heterocycles. The van der Waals surface area contributed by atoms with Gasteiger partial charge in [0, 0.05) is 18.1 Å². The molecule has 15 heavy (non-hydrogen) atoms.